The molecule has 0 aliphatic rings. The van der Waals surface area contributed by atoms with Crippen molar-refractivity contribution in [2.75, 3.05) is 6.54 Å². The van der Waals surface area contributed by atoms with Crippen molar-refractivity contribution in [3.63, 3.8) is 0 Å². The van der Waals surface area contributed by atoms with Gasteiger partial charge in [0, 0.05) is 6.54 Å². The molecule has 0 atom stereocenters. The second-order valence-corrected chi connectivity index (χ2v) is 4.00. The van der Waals surface area contributed by atoms with Gasteiger partial charge in [-0.3, -0.25) is 4.79 Å². The molecule has 0 heterocycles. The lowest BCUT2D eigenvalue weighted by molar-refractivity contribution is -0.116. The molecule has 0 aromatic carbocycles. The Kier molecular flexibility index (Phi) is 8.84. The van der Waals surface area contributed by atoms with Gasteiger partial charge >= 0.3 is 0 Å². The molecule has 1 N–H and O–H groups in total. The van der Waals surface area contributed by atoms with Crippen LogP contribution in [0.3, 0.4) is 0 Å². The second kappa shape index (κ2) is 9.50. The van der Waals surface area contributed by atoms with Crippen molar-refractivity contribution in [3.8, 4) is 0 Å². The first-order valence-electron chi connectivity index (χ1n) is 5.76. The molecule has 0 fully saturated rings. The van der Waals surface area contributed by atoms with Crippen LogP contribution in [0.4, 0.5) is 0 Å². The molecular formula is C13H23NO. The number of unbranched alkanes of at least 4 members (excludes halogenated alkanes) is 1. The molecule has 0 radical (unpaired) electrons. The van der Waals surface area contributed by atoms with E-state index in [4.69, 9.17) is 0 Å². The lowest BCUT2D eigenvalue weighted by Gasteiger charge is -2.03. The summed E-state index contributed by atoms with van der Waals surface area (Å²) in [5.74, 6) is 0.526. The molecule has 86 valence electrons. The van der Waals surface area contributed by atoms with E-state index in [1.54, 1.807) is 6.08 Å². The van der Waals surface area contributed by atoms with Gasteiger partial charge < -0.3 is 5.32 Å². The van der Waals surface area contributed by atoms with Gasteiger partial charge in [-0.2, -0.15) is 0 Å². The molecule has 0 spiro atoms. The van der Waals surface area contributed by atoms with Crippen molar-refractivity contribution >= 4 is 5.91 Å². The minimum atomic E-state index is 0.0168. The normalized spacial score (nSPS) is 11.7. The molecule has 1 amide bonds. The fraction of sp³-hybridized carbons (Fsp3) is 0.615. The van der Waals surface area contributed by atoms with Crippen molar-refractivity contribution in [2.24, 2.45) is 5.92 Å². The van der Waals surface area contributed by atoms with E-state index in [2.05, 4.69) is 38.2 Å². The predicted molar refractivity (Wildman–Crippen MR) is 65.7 cm³/mol. The third kappa shape index (κ3) is 10.9. The third-order valence-corrected chi connectivity index (χ3v) is 1.86. The largest absolute Gasteiger partial charge is 0.352 e. The number of hydrogen-bond donors (Lipinski definition) is 1. The average Bonchev–Trinajstić information content (AvgIpc) is 2.20. The molecule has 15 heavy (non-hydrogen) atoms. The zero-order valence-corrected chi connectivity index (χ0v) is 10.1. The first-order chi connectivity index (χ1) is 7.16. The molecule has 0 aliphatic carbocycles. The van der Waals surface area contributed by atoms with E-state index in [9.17, 15) is 4.79 Å². The van der Waals surface area contributed by atoms with Crippen LogP contribution in [0.2, 0.25) is 0 Å². The molecule has 2 heteroatoms. The molecule has 0 rings (SSSR count). The van der Waals surface area contributed by atoms with Crippen LogP contribution in [0.25, 0.3) is 0 Å². The third-order valence-electron chi connectivity index (χ3n) is 1.86. The van der Waals surface area contributed by atoms with Gasteiger partial charge in [-0.25, -0.2) is 0 Å². The van der Waals surface area contributed by atoms with Crippen LogP contribution in [0, 0.1) is 5.92 Å². The van der Waals surface area contributed by atoms with E-state index in [1.807, 2.05) is 6.08 Å². The Hall–Kier alpha value is -1.05. The van der Waals surface area contributed by atoms with Crippen LogP contribution in [0.1, 0.15) is 40.0 Å². The summed E-state index contributed by atoms with van der Waals surface area (Å²) in [4.78, 5) is 11.2. The molecule has 0 unspecified atom stereocenters. The predicted octanol–water partition coefficient (Wildman–Crippen LogP) is 3.06. The van der Waals surface area contributed by atoms with Gasteiger partial charge in [0.2, 0.25) is 5.91 Å². The number of carbonyl (C=O) groups is 1. The van der Waals surface area contributed by atoms with Crippen molar-refractivity contribution in [1.82, 2.24) is 5.32 Å². The highest BCUT2D eigenvalue weighted by Gasteiger charge is 1.96. The molecule has 2 nitrogen and oxygen atoms in total. The zero-order chi connectivity index (χ0) is 11.5. The van der Waals surface area contributed by atoms with Crippen LogP contribution in [0.15, 0.2) is 24.3 Å². The fourth-order valence-electron chi connectivity index (χ4n) is 1.03. The summed E-state index contributed by atoms with van der Waals surface area (Å²) in [5.41, 5.74) is 0. The number of nitrogens with one attached hydrogen (secondary N) is 1. The quantitative estimate of drug-likeness (QED) is 0.390. The molecule has 0 aliphatic heterocycles. The van der Waals surface area contributed by atoms with Crippen molar-refractivity contribution in [2.45, 2.75) is 40.0 Å². The lowest BCUT2D eigenvalue weighted by atomic mass is 10.2. The van der Waals surface area contributed by atoms with Crippen molar-refractivity contribution < 1.29 is 4.79 Å². The summed E-state index contributed by atoms with van der Waals surface area (Å²) in [7, 11) is 0. The number of amides is 1. The average molecular weight is 209 g/mol. The number of hydrogen-bond acceptors (Lipinski definition) is 1. The van der Waals surface area contributed by atoms with E-state index in [0.29, 0.717) is 5.92 Å². The Morgan fingerprint density at radius 1 is 1.20 bits per heavy atom. The molecule has 0 saturated carbocycles. The summed E-state index contributed by atoms with van der Waals surface area (Å²) in [6.45, 7) is 7.03. The van der Waals surface area contributed by atoms with E-state index in [-0.39, 0.29) is 5.91 Å². The van der Waals surface area contributed by atoms with Gasteiger partial charge in [-0.15, -0.1) is 0 Å². The van der Waals surface area contributed by atoms with Gasteiger partial charge in [-0.05, 0) is 31.3 Å². The summed E-state index contributed by atoms with van der Waals surface area (Å²) in [6, 6.07) is 0. The van der Waals surface area contributed by atoms with Crippen LogP contribution in [-0.2, 0) is 4.79 Å². The number of rotatable bonds is 7. The highest BCUT2D eigenvalue weighted by Crippen LogP contribution is 1.94. The highest BCUT2D eigenvalue weighted by molar-refractivity contribution is 5.87. The van der Waals surface area contributed by atoms with E-state index in [0.717, 1.165) is 25.8 Å². The summed E-state index contributed by atoms with van der Waals surface area (Å²) in [6.07, 6.45) is 10.9. The Morgan fingerprint density at radius 3 is 2.47 bits per heavy atom. The lowest BCUT2D eigenvalue weighted by Crippen LogP contribution is -2.25. The van der Waals surface area contributed by atoms with Crippen LogP contribution >= 0.6 is 0 Å². The molecule has 0 bridgehead atoms. The monoisotopic (exact) mass is 209 g/mol. The van der Waals surface area contributed by atoms with Gasteiger partial charge in [0.05, 0.1) is 0 Å². The maximum Gasteiger partial charge on any atom is 0.243 e. The minimum Gasteiger partial charge on any atom is -0.352 e. The summed E-state index contributed by atoms with van der Waals surface area (Å²) in [5, 5.41) is 2.84. The van der Waals surface area contributed by atoms with Crippen LogP contribution in [-0.4, -0.2) is 12.5 Å². The van der Waals surface area contributed by atoms with Crippen LogP contribution in [0.5, 0.6) is 0 Å². The summed E-state index contributed by atoms with van der Waals surface area (Å²) < 4.78 is 0. The second-order valence-electron chi connectivity index (χ2n) is 4.00. The molecular weight excluding hydrogens is 186 g/mol. The topological polar surface area (TPSA) is 29.1 Å². The number of carbonyl (C=O) groups excluding carboxylic acids is 1. The first kappa shape index (κ1) is 13.9. The maximum atomic E-state index is 11.2. The van der Waals surface area contributed by atoms with Gasteiger partial charge in [0.15, 0.2) is 0 Å². The van der Waals surface area contributed by atoms with E-state index in [1.165, 1.54) is 0 Å². The van der Waals surface area contributed by atoms with Crippen LogP contribution < -0.4 is 5.32 Å². The minimum absolute atomic E-state index is 0.0168. The molecule has 0 aromatic rings. The first-order valence-corrected chi connectivity index (χ1v) is 5.76. The Morgan fingerprint density at radius 2 is 1.87 bits per heavy atom. The van der Waals surface area contributed by atoms with Gasteiger partial charge in [0.1, 0.15) is 0 Å². The van der Waals surface area contributed by atoms with E-state index < -0.39 is 0 Å². The smallest absolute Gasteiger partial charge is 0.243 e. The zero-order valence-electron chi connectivity index (χ0n) is 10.1. The SMILES string of the molecule is CCC=CCCC=CC(=O)NCC(C)C. The summed E-state index contributed by atoms with van der Waals surface area (Å²) >= 11 is 0. The standard InChI is InChI=1S/C13H23NO/c1-4-5-6-7-8-9-10-13(15)14-11-12(2)3/h5-6,9-10,12H,4,7-8,11H2,1-3H3,(H,14,15). The Bertz CT molecular complexity index is 217. The molecule has 0 aromatic heterocycles. The fourth-order valence-corrected chi connectivity index (χ4v) is 1.03. The Labute approximate surface area is 93.5 Å². The van der Waals surface area contributed by atoms with E-state index >= 15 is 0 Å². The van der Waals surface area contributed by atoms with Gasteiger partial charge in [0.25, 0.3) is 0 Å². The van der Waals surface area contributed by atoms with Crippen molar-refractivity contribution in [1.29, 1.82) is 0 Å². The number of allylic oxidation sites excluding steroid dienone is 3. The highest BCUT2D eigenvalue weighted by atomic mass is 16.1. The van der Waals surface area contributed by atoms with Crippen molar-refractivity contribution in [3.05, 3.63) is 24.3 Å². The molecule has 0 saturated heterocycles. The Balaban J connectivity index is 3.50. The van der Waals surface area contributed by atoms with Gasteiger partial charge in [-0.1, -0.05) is 39.0 Å². The maximum absolute atomic E-state index is 11.2.